The molecule has 0 radical (unpaired) electrons. The summed E-state index contributed by atoms with van der Waals surface area (Å²) in [5.74, 6) is -2.52. The second-order valence-corrected chi connectivity index (χ2v) is 6.78. The first-order chi connectivity index (χ1) is 14.5. The van der Waals surface area contributed by atoms with Gasteiger partial charge in [0.15, 0.2) is 0 Å². The number of nitrogen functional groups attached to an aromatic ring is 1. The number of carbonyl (C=O) groups excluding carboxylic acids is 1. The van der Waals surface area contributed by atoms with Crippen LogP contribution in [0, 0.1) is 11.6 Å². The Bertz CT molecular complexity index is 1170. The van der Waals surface area contributed by atoms with Gasteiger partial charge in [-0.3, -0.25) is 9.78 Å². The normalized spacial score (nSPS) is 11.5. The number of nitrogens with two attached hydrogens (primary N) is 1. The monoisotopic (exact) mass is 457 g/mol. The molecule has 4 N–H and O–H groups in total. The predicted octanol–water partition coefficient (Wildman–Crippen LogP) is 5.03. The maximum absolute atomic E-state index is 14.6. The molecular formula is C20H13ClF5N3O2. The van der Waals surface area contributed by atoms with Gasteiger partial charge in [-0.2, -0.15) is 13.2 Å². The van der Waals surface area contributed by atoms with E-state index in [-0.39, 0.29) is 33.1 Å². The number of amides is 1. The number of rotatable bonds is 4. The zero-order chi connectivity index (χ0) is 22.9. The maximum atomic E-state index is 14.6. The van der Waals surface area contributed by atoms with E-state index in [9.17, 15) is 26.7 Å². The van der Waals surface area contributed by atoms with Gasteiger partial charge in [-0.25, -0.2) is 8.78 Å². The van der Waals surface area contributed by atoms with Crippen LogP contribution in [0.2, 0.25) is 5.02 Å². The Hall–Kier alpha value is -3.24. The Morgan fingerprint density at radius 1 is 1.13 bits per heavy atom. The van der Waals surface area contributed by atoms with Crippen LogP contribution in [0.5, 0.6) is 0 Å². The highest BCUT2D eigenvalue weighted by Crippen LogP contribution is 2.35. The van der Waals surface area contributed by atoms with Crippen molar-refractivity contribution in [3.8, 4) is 11.1 Å². The molecule has 0 saturated carbocycles. The molecule has 1 aromatic heterocycles. The Morgan fingerprint density at radius 3 is 2.45 bits per heavy atom. The van der Waals surface area contributed by atoms with Gasteiger partial charge >= 0.3 is 6.18 Å². The summed E-state index contributed by atoms with van der Waals surface area (Å²) in [6, 6.07) is 5.78. The number of hydrogen-bond acceptors (Lipinski definition) is 4. The molecule has 0 saturated heterocycles. The van der Waals surface area contributed by atoms with Gasteiger partial charge in [0.1, 0.15) is 11.6 Å². The summed E-state index contributed by atoms with van der Waals surface area (Å²) in [4.78, 5) is 16.0. The molecule has 1 amide bonds. The third-order valence-corrected chi connectivity index (χ3v) is 4.60. The van der Waals surface area contributed by atoms with Crippen molar-refractivity contribution in [1.82, 2.24) is 4.98 Å². The van der Waals surface area contributed by atoms with Crippen molar-refractivity contribution in [2.45, 2.75) is 12.8 Å². The third kappa shape index (κ3) is 4.75. The molecule has 0 aliphatic carbocycles. The largest absolute Gasteiger partial charge is 0.418 e. The molecule has 0 fully saturated rings. The van der Waals surface area contributed by atoms with Crippen LogP contribution < -0.4 is 11.1 Å². The van der Waals surface area contributed by atoms with Crippen LogP contribution in [0.25, 0.3) is 11.1 Å². The molecule has 11 heteroatoms. The van der Waals surface area contributed by atoms with E-state index in [4.69, 9.17) is 22.4 Å². The number of aliphatic hydroxyl groups excluding tert-OH is 1. The first-order valence-corrected chi connectivity index (χ1v) is 8.92. The third-order valence-electron chi connectivity index (χ3n) is 4.29. The van der Waals surface area contributed by atoms with E-state index in [0.29, 0.717) is 6.07 Å². The molecule has 0 spiro atoms. The van der Waals surface area contributed by atoms with Gasteiger partial charge in [-0.15, -0.1) is 0 Å². The second-order valence-electron chi connectivity index (χ2n) is 6.37. The molecule has 5 nitrogen and oxygen atoms in total. The summed E-state index contributed by atoms with van der Waals surface area (Å²) in [5.41, 5.74) is 3.16. The van der Waals surface area contributed by atoms with Gasteiger partial charge in [0.2, 0.25) is 0 Å². The predicted molar refractivity (Wildman–Crippen MR) is 104 cm³/mol. The molecule has 0 unspecified atom stereocenters. The fourth-order valence-electron chi connectivity index (χ4n) is 2.84. The summed E-state index contributed by atoms with van der Waals surface area (Å²) in [6.07, 6.45) is -3.90. The molecular weight excluding hydrogens is 445 g/mol. The van der Waals surface area contributed by atoms with Crippen LogP contribution in [0.15, 0.2) is 42.6 Å². The molecule has 0 aliphatic rings. The molecule has 3 rings (SSSR count). The fraction of sp³-hybridized carbons (Fsp3) is 0.100. The van der Waals surface area contributed by atoms with Gasteiger partial charge < -0.3 is 16.2 Å². The summed E-state index contributed by atoms with van der Waals surface area (Å²) >= 11 is 6.08. The van der Waals surface area contributed by atoms with Crippen molar-refractivity contribution in [3.63, 3.8) is 0 Å². The Morgan fingerprint density at radius 2 is 1.84 bits per heavy atom. The first kappa shape index (κ1) is 22.4. The van der Waals surface area contributed by atoms with Crippen LogP contribution in [-0.4, -0.2) is 16.0 Å². The number of anilines is 2. The Labute approximate surface area is 177 Å². The summed E-state index contributed by atoms with van der Waals surface area (Å²) in [5, 5.41) is 11.0. The number of halogens is 6. The van der Waals surface area contributed by atoms with E-state index in [2.05, 4.69) is 10.3 Å². The number of carbonyl (C=O) groups is 1. The number of nitrogens with one attached hydrogen (secondary N) is 1. The summed E-state index contributed by atoms with van der Waals surface area (Å²) in [6.45, 7) is -0.950. The number of pyridine rings is 1. The lowest BCUT2D eigenvalue weighted by Crippen LogP contribution is -2.16. The van der Waals surface area contributed by atoms with E-state index in [1.807, 2.05) is 0 Å². The van der Waals surface area contributed by atoms with Gasteiger partial charge in [0.05, 0.1) is 40.3 Å². The van der Waals surface area contributed by atoms with E-state index in [1.54, 1.807) is 0 Å². The number of aliphatic hydroxyl groups is 1. The van der Waals surface area contributed by atoms with E-state index in [1.165, 1.54) is 6.07 Å². The highest BCUT2D eigenvalue weighted by molar-refractivity contribution is 6.34. The van der Waals surface area contributed by atoms with Crippen LogP contribution in [0.3, 0.4) is 0 Å². The molecule has 162 valence electrons. The SMILES string of the molecule is Nc1cc(F)ccc1-c1cc(Cl)c(C(=O)Nc2cnc(CO)c(C(F)(F)F)c2)cc1F. The molecule has 3 aromatic rings. The van der Waals surface area contributed by atoms with Crippen molar-refractivity contribution < 1.29 is 31.9 Å². The lowest BCUT2D eigenvalue weighted by atomic mass is 10.0. The number of hydrogen-bond donors (Lipinski definition) is 3. The van der Waals surface area contributed by atoms with Crippen molar-refractivity contribution >= 4 is 28.9 Å². The van der Waals surface area contributed by atoms with Crippen molar-refractivity contribution in [3.05, 3.63) is 76.1 Å². The maximum Gasteiger partial charge on any atom is 0.418 e. The quantitative estimate of drug-likeness (QED) is 0.379. The average molecular weight is 458 g/mol. The van der Waals surface area contributed by atoms with E-state index < -0.39 is 41.6 Å². The zero-order valence-electron chi connectivity index (χ0n) is 15.4. The van der Waals surface area contributed by atoms with E-state index in [0.717, 1.165) is 30.5 Å². The van der Waals surface area contributed by atoms with Crippen molar-refractivity contribution in [2.24, 2.45) is 0 Å². The van der Waals surface area contributed by atoms with Gasteiger partial charge in [-0.05, 0) is 36.4 Å². The smallest absolute Gasteiger partial charge is 0.398 e. The number of nitrogens with zero attached hydrogens (tertiary/aromatic N) is 1. The van der Waals surface area contributed by atoms with E-state index >= 15 is 0 Å². The van der Waals surface area contributed by atoms with Crippen molar-refractivity contribution in [2.75, 3.05) is 11.1 Å². The summed E-state index contributed by atoms with van der Waals surface area (Å²) in [7, 11) is 0. The fourth-order valence-corrected chi connectivity index (χ4v) is 3.09. The van der Waals surface area contributed by atoms with Crippen LogP contribution in [0.1, 0.15) is 21.6 Å². The second kappa shape index (κ2) is 8.48. The Kier molecular flexibility index (Phi) is 6.14. The number of benzene rings is 2. The molecule has 0 bridgehead atoms. The van der Waals surface area contributed by atoms with Gasteiger partial charge in [0.25, 0.3) is 5.91 Å². The van der Waals surface area contributed by atoms with Crippen LogP contribution in [0.4, 0.5) is 33.3 Å². The number of alkyl halides is 3. The topological polar surface area (TPSA) is 88.2 Å². The standard InChI is InChI=1S/C20H13ClF5N3O2/c21-15-5-12(11-2-1-9(22)3-17(11)27)16(23)6-13(15)19(31)29-10-4-14(20(24,25)26)18(8-30)28-7-10/h1-7,30H,8,27H2,(H,29,31). The Balaban J connectivity index is 1.94. The molecule has 1 heterocycles. The minimum atomic E-state index is -4.81. The zero-order valence-corrected chi connectivity index (χ0v) is 16.2. The van der Waals surface area contributed by atoms with Crippen LogP contribution >= 0.6 is 11.6 Å². The number of aromatic nitrogens is 1. The van der Waals surface area contributed by atoms with Gasteiger partial charge in [0, 0.05) is 16.8 Å². The van der Waals surface area contributed by atoms with Gasteiger partial charge in [-0.1, -0.05) is 11.6 Å². The van der Waals surface area contributed by atoms with Crippen LogP contribution in [-0.2, 0) is 12.8 Å². The molecule has 0 aliphatic heterocycles. The minimum Gasteiger partial charge on any atom is -0.398 e. The highest BCUT2D eigenvalue weighted by atomic mass is 35.5. The minimum absolute atomic E-state index is 0.0538. The summed E-state index contributed by atoms with van der Waals surface area (Å²) < 4.78 is 67.1. The average Bonchev–Trinajstić information content (AvgIpc) is 2.69. The molecule has 2 aromatic carbocycles. The first-order valence-electron chi connectivity index (χ1n) is 8.54. The highest BCUT2D eigenvalue weighted by Gasteiger charge is 2.34. The molecule has 0 atom stereocenters. The molecule has 31 heavy (non-hydrogen) atoms. The lowest BCUT2D eigenvalue weighted by molar-refractivity contribution is -0.139. The lowest BCUT2D eigenvalue weighted by Gasteiger charge is -2.14. The van der Waals surface area contributed by atoms with Crippen molar-refractivity contribution in [1.29, 1.82) is 0 Å².